The summed E-state index contributed by atoms with van der Waals surface area (Å²) in [7, 11) is 0. The van der Waals surface area contributed by atoms with Crippen LogP contribution < -0.4 is 10.6 Å². The first-order chi connectivity index (χ1) is 7.48. The van der Waals surface area contributed by atoms with Crippen molar-refractivity contribution in [1.29, 1.82) is 0 Å². The molecule has 1 aliphatic heterocycles. The molecule has 0 bridgehead atoms. The number of amides is 1. The maximum absolute atomic E-state index is 12.2. The van der Waals surface area contributed by atoms with Gasteiger partial charge < -0.3 is 10.6 Å². The highest BCUT2D eigenvalue weighted by atomic mass is 79.9. The van der Waals surface area contributed by atoms with Crippen molar-refractivity contribution < 1.29 is 4.79 Å². The molecule has 0 saturated heterocycles. The Morgan fingerprint density at radius 1 is 1.44 bits per heavy atom. The number of carbonyl (C=O) groups excluding carboxylic acids is 1. The summed E-state index contributed by atoms with van der Waals surface area (Å²) in [5.74, 6) is 0.131. The first-order valence-corrected chi connectivity index (χ1v) is 6.10. The second kappa shape index (κ2) is 3.86. The molecule has 0 atom stereocenters. The van der Waals surface area contributed by atoms with Crippen molar-refractivity contribution in [1.82, 2.24) is 0 Å². The molecule has 3 nitrogen and oxygen atoms in total. The summed E-state index contributed by atoms with van der Waals surface area (Å²) in [5.41, 5.74) is 7.17. The maximum atomic E-state index is 12.2. The van der Waals surface area contributed by atoms with Gasteiger partial charge in [-0.05, 0) is 31.5 Å². The van der Waals surface area contributed by atoms with E-state index in [1.165, 1.54) is 0 Å². The van der Waals surface area contributed by atoms with Gasteiger partial charge >= 0.3 is 0 Å². The molecule has 0 spiro atoms. The van der Waals surface area contributed by atoms with Crippen LogP contribution in [0.25, 0.3) is 0 Å². The van der Waals surface area contributed by atoms with Crippen molar-refractivity contribution in [3.8, 4) is 0 Å². The largest absolute Gasteiger partial charge is 0.329 e. The van der Waals surface area contributed by atoms with Gasteiger partial charge in [-0.2, -0.15) is 0 Å². The number of anilines is 1. The predicted molar refractivity (Wildman–Crippen MR) is 68.6 cm³/mol. The van der Waals surface area contributed by atoms with E-state index in [-0.39, 0.29) is 5.91 Å². The summed E-state index contributed by atoms with van der Waals surface area (Å²) in [6.45, 7) is 4.97. The summed E-state index contributed by atoms with van der Waals surface area (Å²) in [6.07, 6.45) is 0. The molecule has 0 aliphatic carbocycles. The van der Waals surface area contributed by atoms with E-state index in [1.54, 1.807) is 4.90 Å². The Morgan fingerprint density at radius 3 is 2.75 bits per heavy atom. The van der Waals surface area contributed by atoms with Crippen molar-refractivity contribution in [3.05, 3.63) is 28.2 Å². The van der Waals surface area contributed by atoms with Crippen LogP contribution in [0.15, 0.2) is 22.7 Å². The number of carbonyl (C=O) groups is 1. The third-order valence-electron chi connectivity index (χ3n) is 3.06. The van der Waals surface area contributed by atoms with Crippen LogP contribution in [-0.4, -0.2) is 19.0 Å². The van der Waals surface area contributed by atoms with Gasteiger partial charge in [-0.15, -0.1) is 0 Å². The summed E-state index contributed by atoms with van der Waals surface area (Å²) < 4.78 is 0.985. The number of hydrogen-bond donors (Lipinski definition) is 1. The lowest BCUT2D eigenvalue weighted by atomic mass is 9.86. The first kappa shape index (κ1) is 11.6. The van der Waals surface area contributed by atoms with Crippen LogP contribution in [0.3, 0.4) is 0 Å². The fourth-order valence-electron chi connectivity index (χ4n) is 2.17. The molecule has 1 aliphatic rings. The quantitative estimate of drug-likeness (QED) is 0.902. The number of nitrogens with zero attached hydrogens (tertiary/aromatic N) is 1. The topological polar surface area (TPSA) is 46.3 Å². The highest BCUT2D eigenvalue weighted by Crippen LogP contribution is 2.42. The van der Waals surface area contributed by atoms with Crippen molar-refractivity contribution >= 4 is 27.5 Å². The fourth-order valence-corrected chi connectivity index (χ4v) is 2.52. The summed E-state index contributed by atoms with van der Waals surface area (Å²) in [5, 5.41) is 0. The number of rotatable bonds is 2. The molecule has 1 aromatic carbocycles. The summed E-state index contributed by atoms with van der Waals surface area (Å²) >= 11 is 3.43. The highest BCUT2D eigenvalue weighted by molar-refractivity contribution is 9.10. The smallest absolute Gasteiger partial charge is 0.237 e. The fraction of sp³-hybridized carbons (Fsp3) is 0.417. The van der Waals surface area contributed by atoms with Gasteiger partial charge in [-0.3, -0.25) is 4.79 Å². The van der Waals surface area contributed by atoms with E-state index in [1.807, 2.05) is 32.0 Å². The minimum absolute atomic E-state index is 0.131. The Bertz CT molecular complexity index is 443. The van der Waals surface area contributed by atoms with Gasteiger partial charge in [-0.1, -0.05) is 22.0 Å². The van der Waals surface area contributed by atoms with Gasteiger partial charge in [0.2, 0.25) is 5.91 Å². The zero-order chi connectivity index (χ0) is 11.9. The Morgan fingerprint density at radius 2 is 2.12 bits per heavy atom. The molecule has 16 heavy (non-hydrogen) atoms. The normalized spacial score (nSPS) is 17.8. The lowest BCUT2D eigenvalue weighted by Crippen LogP contribution is -2.38. The molecular formula is C12H15BrN2O. The average Bonchev–Trinajstić information content (AvgIpc) is 2.40. The van der Waals surface area contributed by atoms with E-state index in [0.29, 0.717) is 13.1 Å². The predicted octanol–water partition coefficient (Wildman–Crippen LogP) is 2.03. The zero-order valence-corrected chi connectivity index (χ0v) is 11.0. The van der Waals surface area contributed by atoms with Gasteiger partial charge in [0, 0.05) is 23.2 Å². The minimum Gasteiger partial charge on any atom is -0.329 e. The number of hydrogen-bond acceptors (Lipinski definition) is 2. The van der Waals surface area contributed by atoms with E-state index in [9.17, 15) is 4.79 Å². The molecule has 0 radical (unpaired) electrons. The van der Waals surface area contributed by atoms with Gasteiger partial charge in [-0.25, -0.2) is 0 Å². The maximum Gasteiger partial charge on any atom is 0.237 e. The van der Waals surface area contributed by atoms with Crippen LogP contribution >= 0.6 is 15.9 Å². The molecule has 1 aromatic rings. The van der Waals surface area contributed by atoms with Gasteiger partial charge in [0.25, 0.3) is 0 Å². The SMILES string of the molecule is CC1(C)C(=O)N(CCN)c2cc(Br)ccc21. The monoisotopic (exact) mass is 282 g/mol. The first-order valence-electron chi connectivity index (χ1n) is 5.30. The van der Waals surface area contributed by atoms with Crippen LogP contribution in [-0.2, 0) is 10.2 Å². The number of nitrogens with two attached hydrogens (primary N) is 1. The molecule has 2 N–H and O–H groups in total. The van der Waals surface area contributed by atoms with Crippen LogP contribution in [0, 0.1) is 0 Å². The van der Waals surface area contributed by atoms with Crippen LogP contribution in [0.1, 0.15) is 19.4 Å². The molecule has 1 amide bonds. The van der Waals surface area contributed by atoms with E-state index >= 15 is 0 Å². The molecule has 0 unspecified atom stereocenters. The molecule has 86 valence electrons. The third kappa shape index (κ3) is 1.57. The highest BCUT2D eigenvalue weighted by Gasteiger charge is 2.43. The van der Waals surface area contributed by atoms with Gasteiger partial charge in [0.1, 0.15) is 0 Å². The molecule has 2 rings (SSSR count). The Kier molecular flexibility index (Phi) is 2.80. The lowest BCUT2D eigenvalue weighted by Gasteiger charge is -2.19. The van der Waals surface area contributed by atoms with Crippen LogP contribution in [0.2, 0.25) is 0 Å². The Balaban J connectivity index is 2.56. The number of halogens is 1. The van der Waals surface area contributed by atoms with Crippen molar-refractivity contribution in [2.24, 2.45) is 5.73 Å². The van der Waals surface area contributed by atoms with E-state index < -0.39 is 5.41 Å². The number of fused-ring (bicyclic) bond motifs is 1. The number of benzene rings is 1. The lowest BCUT2D eigenvalue weighted by molar-refractivity contribution is -0.122. The second-order valence-corrected chi connectivity index (χ2v) is 5.45. The standard InChI is InChI=1S/C12H15BrN2O/c1-12(2)9-4-3-8(13)7-10(9)15(6-5-14)11(12)16/h3-4,7H,5-6,14H2,1-2H3. The van der Waals surface area contributed by atoms with Crippen molar-refractivity contribution in [2.75, 3.05) is 18.0 Å². The molecule has 1 heterocycles. The van der Waals surface area contributed by atoms with E-state index in [2.05, 4.69) is 15.9 Å². The van der Waals surface area contributed by atoms with Crippen LogP contribution in [0.4, 0.5) is 5.69 Å². The molecule has 4 heteroatoms. The molecule has 0 aromatic heterocycles. The third-order valence-corrected chi connectivity index (χ3v) is 3.55. The van der Waals surface area contributed by atoms with E-state index in [4.69, 9.17) is 5.73 Å². The van der Waals surface area contributed by atoms with Gasteiger partial charge in [0.15, 0.2) is 0 Å². The minimum atomic E-state index is -0.439. The summed E-state index contributed by atoms with van der Waals surface area (Å²) in [4.78, 5) is 14.0. The van der Waals surface area contributed by atoms with Crippen molar-refractivity contribution in [2.45, 2.75) is 19.3 Å². The van der Waals surface area contributed by atoms with E-state index in [0.717, 1.165) is 15.7 Å². The summed E-state index contributed by atoms with van der Waals surface area (Å²) in [6, 6.07) is 5.96. The Labute approximate surface area is 104 Å². The molecule has 0 fully saturated rings. The van der Waals surface area contributed by atoms with Crippen molar-refractivity contribution in [3.63, 3.8) is 0 Å². The molecule has 0 saturated carbocycles. The molecular weight excluding hydrogens is 268 g/mol. The van der Waals surface area contributed by atoms with Gasteiger partial charge in [0.05, 0.1) is 5.41 Å². The zero-order valence-electron chi connectivity index (χ0n) is 9.46. The van der Waals surface area contributed by atoms with Crippen LogP contribution in [0.5, 0.6) is 0 Å². The average molecular weight is 283 g/mol. The second-order valence-electron chi connectivity index (χ2n) is 4.53. The Hall–Kier alpha value is -0.870.